The Morgan fingerprint density at radius 1 is 1.10 bits per heavy atom. The number of hydrogen-bond acceptors (Lipinski definition) is 3. The van der Waals surface area contributed by atoms with Gasteiger partial charge in [-0.05, 0) is 11.5 Å². The second-order valence-corrected chi connectivity index (χ2v) is 4.35. The highest BCUT2D eigenvalue weighted by Crippen LogP contribution is 2.25. The van der Waals surface area contributed by atoms with Gasteiger partial charge in [-0.2, -0.15) is 8.78 Å². The molecule has 0 aliphatic heterocycles. The van der Waals surface area contributed by atoms with Gasteiger partial charge >= 0.3 is 11.9 Å². The monoisotopic (exact) mass is 280 g/mol. The Morgan fingerprint density at radius 2 is 1.80 bits per heavy atom. The van der Waals surface area contributed by atoms with Crippen molar-refractivity contribution >= 4 is 16.7 Å². The summed E-state index contributed by atoms with van der Waals surface area (Å²) in [6.07, 6.45) is 0. The van der Waals surface area contributed by atoms with Crippen LogP contribution >= 0.6 is 0 Å². The van der Waals surface area contributed by atoms with E-state index in [9.17, 15) is 13.6 Å². The summed E-state index contributed by atoms with van der Waals surface area (Å²) in [6.45, 7) is 0.308. The normalized spacial score (nSPS) is 11.3. The second-order valence-electron chi connectivity index (χ2n) is 4.35. The van der Waals surface area contributed by atoms with Crippen LogP contribution in [0, 0.1) is 0 Å². The summed E-state index contributed by atoms with van der Waals surface area (Å²) in [5.74, 6) is -4.39. The van der Waals surface area contributed by atoms with Gasteiger partial charge in [0.15, 0.2) is 0 Å². The summed E-state index contributed by atoms with van der Waals surface area (Å²) in [7, 11) is 0. The molecule has 0 fully saturated rings. The van der Waals surface area contributed by atoms with Gasteiger partial charge in [0.25, 0.3) is 0 Å². The maximum absolute atomic E-state index is 12.6. The van der Waals surface area contributed by atoms with Crippen LogP contribution in [0.3, 0.4) is 0 Å². The van der Waals surface area contributed by atoms with Gasteiger partial charge in [-0.1, -0.05) is 36.4 Å². The van der Waals surface area contributed by atoms with Crippen molar-refractivity contribution in [3.8, 4) is 5.75 Å². The molecule has 20 heavy (non-hydrogen) atoms. The predicted octanol–water partition coefficient (Wildman–Crippen LogP) is 3.42. The predicted molar refractivity (Wildman–Crippen MR) is 71.0 cm³/mol. The average molecular weight is 280 g/mol. The van der Waals surface area contributed by atoms with E-state index in [-0.39, 0.29) is 13.2 Å². The van der Waals surface area contributed by atoms with Crippen molar-refractivity contribution in [1.29, 1.82) is 0 Å². The highest BCUT2D eigenvalue weighted by atomic mass is 19.3. The van der Waals surface area contributed by atoms with Gasteiger partial charge in [-0.25, -0.2) is 4.79 Å². The molecule has 0 aliphatic carbocycles. The highest BCUT2D eigenvalue weighted by molar-refractivity contribution is 5.88. The smallest absolute Gasteiger partial charge is 0.376 e. The molecule has 0 amide bonds. The summed E-state index contributed by atoms with van der Waals surface area (Å²) >= 11 is 0. The molecule has 2 aromatic rings. The number of benzene rings is 2. The van der Waals surface area contributed by atoms with Crippen LogP contribution in [-0.2, 0) is 9.53 Å². The summed E-state index contributed by atoms with van der Waals surface area (Å²) in [4.78, 5) is 10.9. The van der Waals surface area contributed by atoms with Crippen molar-refractivity contribution in [2.75, 3.05) is 13.2 Å². The first-order chi connectivity index (χ1) is 9.48. The third-order valence-electron chi connectivity index (χ3n) is 2.68. The van der Waals surface area contributed by atoms with E-state index < -0.39 is 11.9 Å². The second kappa shape index (κ2) is 5.86. The molecule has 0 aromatic heterocycles. The van der Waals surface area contributed by atoms with Crippen molar-refractivity contribution in [2.24, 2.45) is 0 Å². The quantitative estimate of drug-likeness (QED) is 0.622. The SMILES string of the molecule is CC(F)(F)C(=O)OCCOc1cccc2ccccc12. The largest absolute Gasteiger partial charge is 0.489 e. The fourth-order valence-corrected chi connectivity index (χ4v) is 1.73. The number of ether oxygens (including phenoxy) is 2. The molecule has 0 spiro atoms. The Hall–Kier alpha value is -2.17. The number of rotatable bonds is 5. The van der Waals surface area contributed by atoms with Gasteiger partial charge in [0.05, 0.1) is 0 Å². The number of alkyl halides is 2. The minimum atomic E-state index is -3.47. The van der Waals surface area contributed by atoms with E-state index in [0.29, 0.717) is 12.7 Å². The zero-order valence-corrected chi connectivity index (χ0v) is 10.9. The third kappa shape index (κ3) is 3.44. The Balaban J connectivity index is 1.92. The van der Waals surface area contributed by atoms with Gasteiger partial charge < -0.3 is 9.47 Å². The van der Waals surface area contributed by atoms with Crippen molar-refractivity contribution in [1.82, 2.24) is 0 Å². The van der Waals surface area contributed by atoms with E-state index in [1.54, 1.807) is 6.07 Å². The zero-order valence-electron chi connectivity index (χ0n) is 10.9. The van der Waals surface area contributed by atoms with Crippen LogP contribution in [0.5, 0.6) is 5.75 Å². The number of esters is 1. The van der Waals surface area contributed by atoms with E-state index in [1.807, 2.05) is 36.4 Å². The summed E-state index contributed by atoms with van der Waals surface area (Å²) in [6, 6.07) is 13.2. The first kappa shape index (κ1) is 14.2. The van der Waals surface area contributed by atoms with Gasteiger partial charge in [-0.3, -0.25) is 0 Å². The van der Waals surface area contributed by atoms with Crippen LogP contribution in [0.25, 0.3) is 10.8 Å². The Labute approximate surface area is 115 Å². The Bertz CT molecular complexity index is 600. The van der Waals surface area contributed by atoms with Crippen LogP contribution in [-0.4, -0.2) is 25.1 Å². The molecule has 0 unspecified atom stereocenters. The Morgan fingerprint density at radius 3 is 2.55 bits per heavy atom. The number of hydrogen-bond donors (Lipinski definition) is 0. The lowest BCUT2D eigenvalue weighted by molar-refractivity contribution is -0.169. The lowest BCUT2D eigenvalue weighted by atomic mass is 10.1. The molecule has 5 heteroatoms. The van der Waals surface area contributed by atoms with Crippen molar-refractivity contribution in [2.45, 2.75) is 12.8 Å². The molecule has 106 valence electrons. The average Bonchev–Trinajstić information content (AvgIpc) is 2.42. The standard InChI is InChI=1S/C15H14F2O3/c1-15(16,17)14(18)20-10-9-19-13-8-4-6-11-5-2-3-7-12(11)13/h2-8H,9-10H2,1H3. The molecule has 0 atom stereocenters. The fraction of sp³-hybridized carbons (Fsp3) is 0.267. The van der Waals surface area contributed by atoms with Gasteiger partial charge in [0.2, 0.25) is 0 Å². The molecule has 3 nitrogen and oxygen atoms in total. The maximum Gasteiger partial charge on any atom is 0.376 e. The van der Waals surface area contributed by atoms with Gasteiger partial charge in [-0.15, -0.1) is 0 Å². The van der Waals surface area contributed by atoms with Crippen LogP contribution in [0.4, 0.5) is 8.78 Å². The lowest BCUT2D eigenvalue weighted by Gasteiger charge is -2.12. The van der Waals surface area contributed by atoms with E-state index >= 15 is 0 Å². The fourth-order valence-electron chi connectivity index (χ4n) is 1.73. The lowest BCUT2D eigenvalue weighted by Crippen LogP contribution is -2.28. The molecule has 2 aromatic carbocycles. The van der Waals surface area contributed by atoms with Crippen molar-refractivity contribution in [3.63, 3.8) is 0 Å². The van der Waals surface area contributed by atoms with Crippen LogP contribution in [0.15, 0.2) is 42.5 Å². The molecule has 0 aliphatic rings. The van der Waals surface area contributed by atoms with Gasteiger partial charge in [0, 0.05) is 12.3 Å². The number of halogens is 2. The van der Waals surface area contributed by atoms with Crippen molar-refractivity contribution < 1.29 is 23.0 Å². The van der Waals surface area contributed by atoms with Crippen molar-refractivity contribution in [3.05, 3.63) is 42.5 Å². The molecule has 0 saturated heterocycles. The molecule has 0 radical (unpaired) electrons. The van der Waals surface area contributed by atoms with Crippen LogP contribution < -0.4 is 4.74 Å². The topological polar surface area (TPSA) is 35.5 Å². The molecule has 0 saturated carbocycles. The Kier molecular flexibility index (Phi) is 4.17. The van der Waals surface area contributed by atoms with E-state index in [4.69, 9.17) is 4.74 Å². The first-order valence-corrected chi connectivity index (χ1v) is 6.14. The minimum Gasteiger partial charge on any atom is -0.489 e. The zero-order chi connectivity index (χ0) is 14.6. The number of carbonyl (C=O) groups excluding carboxylic acids is 1. The maximum atomic E-state index is 12.6. The molecular formula is C15H14F2O3. The molecule has 0 heterocycles. The molecule has 2 rings (SSSR count). The summed E-state index contributed by atoms with van der Waals surface area (Å²) in [5, 5.41) is 1.93. The molecular weight excluding hydrogens is 266 g/mol. The first-order valence-electron chi connectivity index (χ1n) is 6.14. The van der Waals surface area contributed by atoms with Crippen LogP contribution in [0.1, 0.15) is 6.92 Å². The minimum absolute atomic E-state index is 0.0236. The van der Waals surface area contributed by atoms with E-state index in [1.165, 1.54) is 0 Å². The van der Waals surface area contributed by atoms with E-state index in [2.05, 4.69) is 4.74 Å². The third-order valence-corrected chi connectivity index (χ3v) is 2.68. The molecule has 0 N–H and O–H groups in total. The number of fused-ring (bicyclic) bond motifs is 1. The highest BCUT2D eigenvalue weighted by Gasteiger charge is 2.34. The van der Waals surface area contributed by atoms with Gasteiger partial charge in [0.1, 0.15) is 19.0 Å². The number of carbonyl (C=O) groups is 1. The summed E-state index contributed by atoms with van der Waals surface area (Å²) < 4.78 is 35.0. The summed E-state index contributed by atoms with van der Waals surface area (Å²) in [5.41, 5.74) is 0. The molecule has 0 bridgehead atoms. The van der Waals surface area contributed by atoms with E-state index in [0.717, 1.165) is 10.8 Å². The van der Waals surface area contributed by atoms with Crippen LogP contribution in [0.2, 0.25) is 0 Å².